The summed E-state index contributed by atoms with van der Waals surface area (Å²) in [5.41, 5.74) is 4.00. The van der Waals surface area contributed by atoms with E-state index in [9.17, 15) is 0 Å². The molecule has 1 heterocycles. The van der Waals surface area contributed by atoms with E-state index in [1.165, 1.54) is 6.26 Å². The normalized spacial score (nSPS) is 13.9. The summed E-state index contributed by atoms with van der Waals surface area (Å²) in [5, 5.41) is 10.4. The first kappa shape index (κ1) is 7.65. The molecule has 1 N–H and O–H groups in total. The van der Waals surface area contributed by atoms with Gasteiger partial charge in [0.1, 0.15) is 12.3 Å². The van der Waals surface area contributed by atoms with Gasteiger partial charge < -0.3 is 4.84 Å². The van der Waals surface area contributed by atoms with E-state index in [1.807, 2.05) is 18.2 Å². The molecule has 0 spiro atoms. The zero-order valence-corrected chi connectivity index (χ0v) is 6.77. The minimum absolute atomic E-state index is 0.602. The summed E-state index contributed by atoms with van der Waals surface area (Å²) in [6, 6.07) is 9.38. The summed E-state index contributed by atoms with van der Waals surface area (Å²) in [6.45, 7) is 0. The van der Waals surface area contributed by atoms with E-state index in [0.717, 1.165) is 5.69 Å². The maximum absolute atomic E-state index is 8.81. The van der Waals surface area contributed by atoms with Gasteiger partial charge in [-0.1, -0.05) is 17.7 Å². The lowest BCUT2D eigenvalue weighted by Crippen LogP contribution is -2.27. The Morgan fingerprint density at radius 2 is 2.23 bits per heavy atom. The van der Waals surface area contributed by atoms with Crippen LogP contribution < -0.4 is 10.6 Å². The number of anilines is 1. The molecule has 64 valence electrons. The molecule has 0 unspecified atom stereocenters. The van der Waals surface area contributed by atoms with Gasteiger partial charge in [-0.05, 0) is 12.1 Å². The van der Waals surface area contributed by atoms with Gasteiger partial charge in [0.05, 0.1) is 17.5 Å². The zero-order valence-electron chi connectivity index (χ0n) is 6.77. The quantitative estimate of drug-likeness (QED) is 0.695. The van der Waals surface area contributed by atoms with Crippen LogP contribution in [0, 0.1) is 11.3 Å². The third-order valence-corrected chi connectivity index (χ3v) is 1.71. The van der Waals surface area contributed by atoms with Crippen molar-refractivity contribution in [3.8, 4) is 6.07 Å². The number of hydrogen-bond donors (Lipinski definition) is 1. The monoisotopic (exact) mass is 173 g/mol. The number of rotatable bonds is 1. The van der Waals surface area contributed by atoms with E-state index in [1.54, 1.807) is 17.3 Å². The lowest BCUT2D eigenvalue weighted by Gasteiger charge is -2.14. The van der Waals surface area contributed by atoms with Gasteiger partial charge in [-0.25, -0.2) is 5.01 Å². The summed E-state index contributed by atoms with van der Waals surface area (Å²) in [6.07, 6.45) is 3.21. The van der Waals surface area contributed by atoms with Crippen molar-refractivity contribution in [1.29, 1.82) is 5.26 Å². The Morgan fingerprint density at radius 1 is 1.38 bits per heavy atom. The molecule has 1 aliphatic rings. The summed E-state index contributed by atoms with van der Waals surface area (Å²) in [5.74, 6) is 0. The van der Waals surface area contributed by atoms with E-state index in [0.29, 0.717) is 5.56 Å². The second-order valence-corrected chi connectivity index (χ2v) is 2.49. The Kier molecular flexibility index (Phi) is 1.87. The van der Waals surface area contributed by atoms with Crippen molar-refractivity contribution >= 4 is 5.69 Å². The van der Waals surface area contributed by atoms with E-state index in [2.05, 4.69) is 11.7 Å². The summed E-state index contributed by atoms with van der Waals surface area (Å²) in [4.78, 5) is 4.80. The molecule has 0 fully saturated rings. The minimum atomic E-state index is 0.602. The molecule has 0 aromatic heterocycles. The minimum Gasteiger partial charge on any atom is -0.395 e. The van der Waals surface area contributed by atoms with Gasteiger partial charge in [-0.15, -0.1) is 0 Å². The van der Waals surface area contributed by atoms with Crippen molar-refractivity contribution in [3.05, 3.63) is 42.3 Å². The molecule has 1 aromatic rings. The lowest BCUT2D eigenvalue weighted by molar-refractivity contribution is 0.159. The number of para-hydroxylation sites is 1. The topological polar surface area (TPSA) is 48.3 Å². The van der Waals surface area contributed by atoms with Crippen LogP contribution in [0.3, 0.4) is 0 Å². The Labute approximate surface area is 75.6 Å². The second kappa shape index (κ2) is 3.17. The molecule has 0 radical (unpaired) electrons. The average Bonchev–Trinajstić information content (AvgIpc) is 2.70. The van der Waals surface area contributed by atoms with Gasteiger partial charge in [-0.3, -0.25) is 0 Å². The number of nitrogens with one attached hydrogen (secondary N) is 1. The zero-order chi connectivity index (χ0) is 9.10. The molecule has 0 saturated heterocycles. The fourth-order valence-corrected chi connectivity index (χ4v) is 1.12. The molecule has 2 rings (SSSR count). The van der Waals surface area contributed by atoms with Crippen molar-refractivity contribution in [2.75, 3.05) is 5.01 Å². The van der Waals surface area contributed by atoms with E-state index in [-0.39, 0.29) is 0 Å². The van der Waals surface area contributed by atoms with Crippen molar-refractivity contribution in [1.82, 2.24) is 5.59 Å². The number of hydrazine groups is 1. The van der Waals surface area contributed by atoms with Crippen molar-refractivity contribution in [2.45, 2.75) is 0 Å². The van der Waals surface area contributed by atoms with Crippen LogP contribution in [-0.4, -0.2) is 0 Å². The van der Waals surface area contributed by atoms with Crippen LogP contribution in [0.4, 0.5) is 5.69 Å². The molecule has 0 amide bonds. The molecule has 1 aromatic carbocycles. The maximum Gasteiger partial charge on any atom is 0.131 e. The van der Waals surface area contributed by atoms with Crippen molar-refractivity contribution < 1.29 is 4.84 Å². The molecule has 13 heavy (non-hydrogen) atoms. The van der Waals surface area contributed by atoms with E-state index in [4.69, 9.17) is 10.1 Å². The van der Waals surface area contributed by atoms with Crippen LogP contribution in [0.2, 0.25) is 0 Å². The highest BCUT2D eigenvalue weighted by Gasteiger charge is 2.10. The smallest absolute Gasteiger partial charge is 0.131 e. The highest BCUT2D eigenvalue weighted by Crippen LogP contribution is 2.19. The lowest BCUT2D eigenvalue weighted by atomic mass is 10.2. The highest BCUT2D eigenvalue weighted by atomic mass is 16.7. The predicted molar refractivity (Wildman–Crippen MR) is 47.0 cm³/mol. The van der Waals surface area contributed by atoms with Gasteiger partial charge >= 0.3 is 0 Å². The molecule has 0 saturated carbocycles. The maximum atomic E-state index is 8.81. The molecule has 4 nitrogen and oxygen atoms in total. The van der Waals surface area contributed by atoms with Crippen LogP contribution in [0.1, 0.15) is 5.56 Å². The van der Waals surface area contributed by atoms with Crippen LogP contribution in [0.15, 0.2) is 36.7 Å². The third-order valence-electron chi connectivity index (χ3n) is 1.71. The van der Waals surface area contributed by atoms with Gasteiger partial charge in [0.25, 0.3) is 0 Å². The van der Waals surface area contributed by atoms with Crippen LogP contribution >= 0.6 is 0 Å². The Bertz CT molecular complexity index is 381. The molecule has 1 aliphatic heterocycles. The standard InChI is InChI=1S/C9H7N3O/c10-7-8-3-1-2-4-9(8)12-5-6-13-11-12/h1-6,11H. The number of nitriles is 1. The highest BCUT2D eigenvalue weighted by molar-refractivity contribution is 5.60. The number of benzene rings is 1. The first-order chi connectivity index (χ1) is 6.42. The SMILES string of the molecule is N#Cc1ccccc1N1C=CON1. The Morgan fingerprint density at radius 3 is 2.92 bits per heavy atom. The van der Waals surface area contributed by atoms with Crippen molar-refractivity contribution in [2.24, 2.45) is 0 Å². The Balaban J connectivity index is 2.39. The van der Waals surface area contributed by atoms with Gasteiger partial charge in [0.15, 0.2) is 0 Å². The molecule has 0 aliphatic carbocycles. The molecule has 4 heteroatoms. The Hall–Kier alpha value is -1.99. The predicted octanol–water partition coefficient (Wildman–Crippen LogP) is 1.29. The van der Waals surface area contributed by atoms with Crippen molar-refractivity contribution in [3.63, 3.8) is 0 Å². The first-order valence-electron chi connectivity index (χ1n) is 3.78. The van der Waals surface area contributed by atoms with Gasteiger partial charge in [-0.2, -0.15) is 5.26 Å². The third kappa shape index (κ3) is 1.33. The van der Waals surface area contributed by atoms with Gasteiger partial charge in [0, 0.05) is 0 Å². The fraction of sp³-hybridized carbons (Fsp3) is 0. The second-order valence-electron chi connectivity index (χ2n) is 2.49. The number of hydrogen-bond acceptors (Lipinski definition) is 4. The average molecular weight is 173 g/mol. The molecular weight excluding hydrogens is 166 g/mol. The fourth-order valence-electron chi connectivity index (χ4n) is 1.12. The van der Waals surface area contributed by atoms with Gasteiger partial charge in [0.2, 0.25) is 0 Å². The van der Waals surface area contributed by atoms with E-state index >= 15 is 0 Å². The van der Waals surface area contributed by atoms with Crippen LogP contribution in [0.5, 0.6) is 0 Å². The largest absolute Gasteiger partial charge is 0.395 e. The molecular formula is C9H7N3O. The number of nitrogens with zero attached hydrogens (tertiary/aromatic N) is 2. The molecule has 0 atom stereocenters. The summed E-state index contributed by atoms with van der Waals surface area (Å²) >= 11 is 0. The first-order valence-corrected chi connectivity index (χ1v) is 3.78. The van der Waals surface area contributed by atoms with E-state index < -0.39 is 0 Å². The summed E-state index contributed by atoms with van der Waals surface area (Å²) < 4.78 is 0. The van der Waals surface area contributed by atoms with Crippen LogP contribution in [-0.2, 0) is 4.84 Å². The summed E-state index contributed by atoms with van der Waals surface area (Å²) in [7, 11) is 0. The molecule has 0 bridgehead atoms. The van der Waals surface area contributed by atoms with Crippen LogP contribution in [0.25, 0.3) is 0 Å².